The fraction of sp³-hybridized carbons (Fsp3) is 0.500. The van der Waals surface area contributed by atoms with Crippen LogP contribution in [-0.4, -0.2) is 18.5 Å². The molecule has 0 radical (unpaired) electrons. The van der Waals surface area contributed by atoms with E-state index in [1.165, 1.54) is 5.56 Å². The smallest absolute Gasteiger partial charge is 0.243 e. The zero-order valence-electron chi connectivity index (χ0n) is 10.7. The van der Waals surface area contributed by atoms with Crippen LogP contribution in [0.15, 0.2) is 24.3 Å². The van der Waals surface area contributed by atoms with E-state index in [1.807, 2.05) is 12.1 Å². The van der Waals surface area contributed by atoms with Gasteiger partial charge in [-0.2, -0.15) is 0 Å². The molecule has 0 aliphatic carbocycles. The molecule has 2 rings (SSSR count). The van der Waals surface area contributed by atoms with Gasteiger partial charge >= 0.3 is 0 Å². The van der Waals surface area contributed by atoms with Gasteiger partial charge in [0.1, 0.15) is 0 Å². The Labute approximate surface area is 103 Å². The molecule has 92 valence electrons. The summed E-state index contributed by atoms with van der Waals surface area (Å²) in [6.45, 7) is 7.27. The van der Waals surface area contributed by atoms with Crippen LogP contribution in [0.2, 0.25) is 0 Å². The van der Waals surface area contributed by atoms with Crippen LogP contribution in [0.3, 0.4) is 0 Å². The molecular formula is C14H20N2O. The van der Waals surface area contributed by atoms with E-state index < -0.39 is 0 Å². The summed E-state index contributed by atoms with van der Waals surface area (Å²) in [4.78, 5) is 13.6. The highest BCUT2D eigenvalue weighted by Crippen LogP contribution is 2.26. The van der Waals surface area contributed by atoms with Crippen molar-refractivity contribution < 1.29 is 4.79 Å². The van der Waals surface area contributed by atoms with Crippen LogP contribution in [0.25, 0.3) is 0 Å². The van der Waals surface area contributed by atoms with E-state index in [2.05, 4.69) is 32.9 Å². The number of carbonyl (C=O) groups is 1. The van der Waals surface area contributed by atoms with Crippen LogP contribution in [0, 0.1) is 0 Å². The lowest BCUT2D eigenvalue weighted by atomic mass is 9.87. The zero-order chi connectivity index (χ0) is 12.6. The van der Waals surface area contributed by atoms with Gasteiger partial charge in [-0.15, -0.1) is 0 Å². The number of rotatable bonds is 1. The standard InChI is InChI=1S/C14H20N2O/c1-14(2,3)10-4-6-11(7-5-10)16-9-8-12(15)13(16)17/h4-7,12H,8-9,15H2,1-3H3. The Hall–Kier alpha value is -1.35. The first-order chi connectivity index (χ1) is 7.89. The molecule has 3 heteroatoms. The number of nitrogens with zero attached hydrogens (tertiary/aromatic N) is 1. The Morgan fingerprint density at radius 2 is 1.82 bits per heavy atom. The van der Waals surface area contributed by atoms with E-state index in [4.69, 9.17) is 5.73 Å². The molecule has 1 aromatic rings. The van der Waals surface area contributed by atoms with Crippen LogP contribution in [-0.2, 0) is 10.2 Å². The molecule has 1 atom stereocenters. The highest BCUT2D eigenvalue weighted by Gasteiger charge is 2.29. The van der Waals surface area contributed by atoms with Crippen LogP contribution >= 0.6 is 0 Å². The normalized spacial score (nSPS) is 21.1. The second-order valence-electron chi connectivity index (χ2n) is 5.68. The summed E-state index contributed by atoms with van der Waals surface area (Å²) in [5.41, 5.74) is 8.09. The fourth-order valence-electron chi connectivity index (χ4n) is 2.10. The van der Waals surface area contributed by atoms with Crippen LogP contribution < -0.4 is 10.6 Å². The van der Waals surface area contributed by atoms with Gasteiger partial charge in [0.15, 0.2) is 0 Å². The third-order valence-electron chi connectivity index (χ3n) is 3.29. The van der Waals surface area contributed by atoms with Crippen molar-refractivity contribution in [3.8, 4) is 0 Å². The molecule has 2 N–H and O–H groups in total. The third kappa shape index (κ3) is 2.34. The average Bonchev–Trinajstić information content (AvgIpc) is 2.59. The second-order valence-corrected chi connectivity index (χ2v) is 5.68. The van der Waals surface area contributed by atoms with Crippen LogP contribution in [0.1, 0.15) is 32.8 Å². The number of carbonyl (C=O) groups excluding carboxylic acids is 1. The molecule has 17 heavy (non-hydrogen) atoms. The number of amides is 1. The number of anilines is 1. The van der Waals surface area contributed by atoms with Gasteiger partial charge < -0.3 is 10.6 Å². The van der Waals surface area contributed by atoms with Crippen molar-refractivity contribution in [1.82, 2.24) is 0 Å². The summed E-state index contributed by atoms with van der Waals surface area (Å²) in [7, 11) is 0. The highest BCUT2D eigenvalue weighted by atomic mass is 16.2. The molecular weight excluding hydrogens is 212 g/mol. The van der Waals surface area contributed by atoms with Gasteiger partial charge in [0.05, 0.1) is 6.04 Å². The maximum absolute atomic E-state index is 11.8. The van der Waals surface area contributed by atoms with Crippen molar-refractivity contribution >= 4 is 11.6 Å². The minimum Gasteiger partial charge on any atom is -0.320 e. The van der Waals surface area contributed by atoms with E-state index in [1.54, 1.807) is 4.90 Å². The first-order valence-corrected chi connectivity index (χ1v) is 6.07. The van der Waals surface area contributed by atoms with Gasteiger partial charge in [-0.25, -0.2) is 0 Å². The molecule has 0 saturated carbocycles. The number of hydrogen-bond donors (Lipinski definition) is 1. The SMILES string of the molecule is CC(C)(C)c1ccc(N2CCC(N)C2=O)cc1. The Morgan fingerprint density at radius 3 is 2.24 bits per heavy atom. The summed E-state index contributed by atoms with van der Waals surface area (Å²) in [6.07, 6.45) is 0.750. The fourth-order valence-corrected chi connectivity index (χ4v) is 2.10. The van der Waals surface area contributed by atoms with Crippen molar-refractivity contribution in [1.29, 1.82) is 0 Å². The first-order valence-electron chi connectivity index (χ1n) is 6.07. The number of benzene rings is 1. The maximum Gasteiger partial charge on any atom is 0.243 e. The van der Waals surface area contributed by atoms with Crippen molar-refractivity contribution in [2.75, 3.05) is 11.4 Å². The molecule has 1 heterocycles. The molecule has 1 unspecified atom stereocenters. The van der Waals surface area contributed by atoms with Gasteiger partial charge in [-0.05, 0) is 29.5 Å². The largest absolute Gasteiger partial charge is 0.320 e. The first kappa shape index (κ1) is 12.1. The predicted molar refractivity (Wildman–Crippen MR) is 70.1 cm³/mol. The summed E-state index contributed by atoms with van der Waals surface area (Å²) >= 11 is 0. The van der Waals surface area contributed by atoms with Gasteiger partial charge in [-0.1, -0.05) is 32.9 Å². The monoisotopic (exact) mass is 232 g/mol. The van der Waals surface area contributed by atoms with Crippen molar-refractivity contribution in [3.05, 3.63) is 29.8 Å². The van der Waals surface area contributed by atoms with E-state index >= 15 is 0 Å². The molecule has 1 fully saturated rings. The Balaban J connectivity index is 2.22. The molecule has 1 aliphatic rings. The van der Waals surface area contributed by atoms with Gasteiger partial charge in [0.25, 0.3) is 0 Å². The Kier molecular flexibility index (Phi) is 2.96. The van der Waals surface area contributed by atoms with Crippen molar-refractivity contribution in [2.24, 2.45) is 5.73 Å². The summed E-state index contributed by atoms with van der Waals surface area (Å²) in [6, 6.07) is 7.88. The molecule has 1 amide bonds. The highest BCUT2D eigenvalue weighted by molar-refractivity contribution is 5.99. The van der Waals surface area contributed by atoms with Gasteiger partial charge in [0.2, 0.25) is 5.91 Å². The van der Waals surface area contributed by atoms with E-state index in [0.717, 1.165) is 18.7 Å². The quantitative estimate of drug-likeness (QED) is 0.805. The summed E-state index contributed by atoms with van der Waals surface area (Å²) in [5, 5.41) is 0. The molecule has 1 aliphatic heterocycles. The van der Waals surface area contributed by atoms with Crippen molar-refractivity contribution in [2.45, 2.75) is 38.6 Å². The Morgan fingerprint density at radius 1 is 1.24 bits per heavy atom. The zero-order valence-corrected chi connectivity index (χ0v) is 10.7. The van der Waals surface area contributed by atoms with E-state index in [0.29, 0.717) is 0 Å². The Bertz CT molecular complexity index is 417. The minimum absolute atomic E-state index is 0.0357. The maximum atomic E-state index is 11.8. The van der Waals surface area contributed by atoms with Gasteiger partial charge in [0, 0.05) is 12.2 Å². The molecule has 0 bridgehead atoms. The average molecular weight is 232 g/mol. The lowest BCUT2D eigenvalue weighted by Gasteiger charge is -2.21. The summed E-state index contributed by atoms with van der Waals surface area (Å²) in [5.74, 6) is 0.0357. The van der Waals surface area contributed by atoms with E-state index in [9.17, 15) is 4.79 Å². The lowest BCUT2D eigenvalue weighted by molar-refractivity contribution is -0.118. The minimum atomic E-state index is -0.322. The number of nitrogens with two attached hydrogens (primary N) is 1. The van der Waals surface area contributed by atoms with Crippen molar-refractivity contribution in [3.63, 3.8) is 0 Å². The lowest BCUT2D eigenvalue weighted by Crippen LogP contribution is -2.33. The molecule has 1 aromatic carbocycles. The molecule has 3 nitrogen and oxygen atoms in total. The third-order valence-corrected chi connectivity index (χ3v) is 3.29. The van der Waals surface area contributed by atoms with Crippen LogP contribution in [0.4, 0.5) is 5.69 Å². The molecule has 0 spiro atoms. The molecule has 1 saturated heterocycles. The van der Waals surface area contributed by atoms with Gasteiger partial charge in [-0.3, -0.25) is 4.79 Å². The molecule has 0 aromatic heterocycles. The van der Waals surface area contributed by atoms with E-state index in [-0.39, 0.29) is 17.4 Å². The van der Waals surface area contributed by atoms with Crippen LogP contribution in [0.5, 0.6) is 0 Å². The topological polar surface area (TPSA) is 46.3 Å². The predicted octanol–water partition coefficient (Wildman–Crippen LogP) is 2.05. The summed E-state index contributed by atoms with van der Waals surface area (Å²) < 4.78 is 0. The number of hydrogen-bond acceptors (Lipinski definition) is 2. The second kappa shape index (κ2) is 4.15.